The highest BCUT2D eigenvalue weighted by Gasteiger charge is 2.35. The predicted molar refractivity (Wildman–Crippen MR) is 90.2 cm³/mol. The van der Waals surface area contributed by atoms with Gasteiger partial charge in [0.25, 0.3) is 0 Å². The van der Waals surface area contributed by atoms with Crippen LogP contribution in [0.15, 0.2) is 24.3 Å². The number of ketones is 1. The Morgan fingerprint density at radius 1 is 1.10 bits per heavy atom. The van der Waals surface area contributed by atoms with Crippen molar-refractivity contribution >= 4 is 19.0 Å². The van der Waals surface area contributed by atoms with Gasteiger partial charge in [-0.2, -0.15) is 0 Å². The van der Waals surface area contributed by atoms with Crippen molar-refractivity contribution in [1.29, 1.82) is 0 Å². The zero-order valence-corrected chi connectivity index (χ0v) is 14.9. The molecule has 0 saturated carbocycles. The lowest BCUT2D eigenvalue weighted by Crippen LogP contribution is -2.54. The second-order valence-corrected chi connectivity index (χ2v) is 12.4. The summed E-state index contributed by atoms with van der Waals surface area (Å²) in [5.74, 6) is 0.200. The number of ether oxygens (including phenoxy) is 1. The second kappa shape index (κ2) is 6.03. The summed E-state index contributed by atoms with van der Waals surface area (Å²) >= 11 is 0. The number of carbonyl (C=O) groups is 1. The van der Waals surface area contributed by atoms with Gasteiger partial charge in [-0.1, -0.05) is 49.1 Å². The third-order valence-corrected chi connectivity index (χ3v) is 6.44. The molecule has 0 atom stereocenters. The van der Waals surface area contributed by atoms with Gasteiger partial charge in [-0.25, -0.2) is 0 Å². The van der Waals surface area contributed by atoms with Crippen LogP contribution in [-0.4, -0.2) is 50.6 Å². The van der Waals surface area contributed by atoms with Gasteiger partial charge in [0.05, 0.1) is 26.8 Å². The van der Waals surface area contributed by atoms with Crippen LogP contribution in [0.1, 0.15) is 24.2 Å². The summed E-state index contributed by atoms with van der Waals surface area (Å²) < 4.78 is 5.39. The highest BCUT2D eigenvalue weighted by atomic mass is 28.3. The average molecular weight is 305 g/mol. The molecule has 0 aromatic heterocycles. The first-order chi connectivity index (χ1) is 9.73. The number of nitrogens with zero attached hydrogens (tertiary/aromatic N) is 1. The van der Waals surface area contributed by atoms with Gasteiger partial charge in [0.1, 0.15) is 0 Å². The Kier molecular flexibility index (Phi) is 4.71. The number of benzene rings is 1. The third kappa shape index (κ3) is 3.62. The summed E-state index contributed by atoms with van der Waals surface area (Å²) in [4.78, 5) is 15.1. The first kappa shape index (κ1) is 16.4. The van der Waals surface area contributed by atoms with E-state index in [1.807, 2.05) is 26.0 Å². The van der Waals surface area contributed by atoms with E-state index in [0.29, 0.717) is 13.2 Å². The highest BCUT2D eigenvalue weighted by molar-refractivity contribution is 6.88. The predicted octanol–water partition coefficient (Wildman–Crippen LogP) is 2.53. The largest absolute Gasteiger partial charge is 0.379 e. The molecule has 1 aromatic rings. The number of hydrogen-bond acceptors (Lipinski definition) is 3. The molecular weight excluding hydrogens is 278 g/mol. The van der Waals surface area contributed by atoms with Crippen LogP contribution in [-0.2, 0) is 4.74 Å². The molecule has 1 aromatic carbocycles. The van der Waals surface area contributed by atoms with Crippen LogP contribution < -0.4 is 5.19 Å². The topological polar surface area (TPSA) is 29.5 Å². The lowest BCUT2D eigenvalue weighted by molar-refractivity contribution is -0.00429. The number of Topliss-reactive ketones (excluding diaryl/α,β-unsaturated/α-hetero) is 1. The van der Waals surface area contributed by atoms with Gasteiger partial charge in [0, 0.05) is 18.7 Å². The molecule has 0 amide bonds. The molecule has 0 spiro atoms. The van der Waals surface area contributed by atoms with Crippen molar-refractivity contribution in [3.8, 4) is 0 Å². The van der Waals surface area contributed by atoms with Gasteiger partial charge in [0.15, 0.2) is 5.78 Å². The summed E-state index contributed by atoms with van der Waals surface area (Å²) in [5.41, 5.74) is 0.346. The zero-order valence-electron chi connectivity index (χ0n) is 13.9. The molecule has 21 heavy (non-hydrogen) atoms. The zero-order chi connectivity index (χ0) is 15.7. The van der Waals surface area contributed by atoms with Gasteiger partial charge in [-0.3, -0.25) is 9.69 Å². The molecule has 0 unspecified atom stereocenters. The summed E-state index contributed by atoms with van der Waals surface area (Å²) in [7, 11) is -1.31. The lowest BCUT2D eigenvalue weighted by Gasteiger charge is -2.39. The van der Waals surface area contributed by atoms with Crippen LogP contribution in [0.2, 0.25) is 19.6 Å². The minimum Gasteiger partial charge on any atom is -0.379 e. The molecule has 1 saturated heterocycles. The van der Waals surface area contributed by atoms with E-state index in [2.05, 4.69) is 36.7 Å². The Bertz CT molecular complexity index is 497. The fourth-order valence-corrected chi connectivity index (χ4v) is 3.91. The Hall–Kier alpha value is -0.973. The van der Waals surface area contributed by atoms with Crippen molar-refractivity contribution in [1.82, 2.24) is 4.90 Å². The molecule has 1 fully saturated rings. The standard InChI is InChI=1S/C17H27NO2Si/c1-17(2,18-10-12-20-13-11-18)16(19)14-6-8-15(9-7-14)21(3,4)5/h6-9H,10-13H2,1-5H3. The number of rotatable bonds is 4. The van der Waals surface area contributed by atoms with Crippen molar-refractivity contribution in [2.24, 2.45) is 0 Å². The van der Waals surface area contributed by atoms with Gasteiger partial charge >= 0.3 is 0 Å². The first-order valence-corrected chi connectivity index (χ1v) is 11.2. The van der Waals surface area contributed by atoms with Crippen LogP contribution in [0, 0.1) is 0 Å². The maximum absolute atomic E-state index is 12.9. The van der Waals surface area contributed by atoms with E-state index >= 15 is 0 Å². The second-order valence-electron chi connectivity index (χ2n) is 7.31. The number of hydrogen-bond donors (Lipinski definition) is 0. The lowest BCUT2D eigenvalue weighted by atomic mass is 9.91. The first-order valence-electron chi connectivity index (χ1n) is 7.71. The smallest absolute Gasteiger partial charge is 0.182 e. The molecule has 1 heterocycles. The monoisotopic (exact) mass is 305 g/mol. The van der Waals surface area contributed by atoms with E-state index in [1.54, 1.807) is 0 Å². The van der Waals surface area contributed by atoms with Crippen molar-refractivity contribution in [3.63, 3.8) is 0 Å². The van der Waals surface area contributed by atoms with Crippen LogP contribution in [0.25, 0.3) is 0 Å². The quantitative estimate of drug-likeness (QED) is 0.632. The summed E-state index contributed by atoms with van der Waals surface area (Å²) in [6.45, 7) is 14.1. The van der Waals surface area contributed by atoms with E-state index in [4.69, 9.17) is 4.74 Å². The molecule has 116 valence electrons. The molecule has 3 nitrogen and oxygen atoms in total. The number of carbonyl (C=O) groups excluding carboxylic acids is 1. The van der Waals surface area contributed by atoms with Crippen molar-refractivity contribution < 1.29 is 9.53 Å². The van der Waals surface area contributed by atoms with Gasteiger partial charge in [-0.05, 0) is 13.8 Å². The Morgan fingerprint density at radius 2 is 1.62 bits per heavy atom. The summed E-state index contributed by atoms with van der Waals surface area (Å²) in [6, 6.07) is 8.26. The van der Waals surface area contributed by atoms with E-state index in [9.17, 15) is 4.79 Å². The normalized spacial score (nSPS) is 17.8. The Morgan fingerprint density at radius 3 is 2.10 bits per heavy atom. The minimum absolute atomic E-state index is 0.200. The molecule has 2 rings (SSSR count). The van der Waals surface area contributed by atoms with Crippen molar-refractivity contribution in [2.45, 2.75) is 39.0 Å². The molecule has 0 bridgehead atoms. The van der Waals surface area contributed by atoms with Gasteiger partial charge in [-0.15, -0.1) is 0 Å². The summed E-state index contributed by atoms with van der Waals surface area (Å²) in [5, 5.41) is 1.39. The molecule has 0 radical (unpaired) electrons. The van der Waals surface area contributed by atoms with Gasteiger partial charge in [0.2, 0.25) is 0 Å². The van der Waals surface area contributed by atoms with Crippen LogP contribution in [0.4, 0.5) is 0 Å². The van der Waals surface area contributed by atoms with Crippen LogP contribution >= 0.6 is 0 Å². The SMILES string of the molecule is CC(C)(C(=O)c1ccc([Si](C)(C)C)cc1)N1CCOCC1. The van der Waals surface area contributed by atoms with Crippen molar-refractivity contribution in [2.75, 3.05) is 26.3 Å². The van der Waals surface area contributed by atoms with Crippen LogP contribution in [0.5, 0.6) is 0 Å². The fraction of sp³-hybridized carbons (Fsp3) is 0.588. The Labute approximate surface area is 129 Å². The molecule has 0 N–H and O–H groups in total. The molecular formula is C17H27NO2Si. The molecule has 0 aliphatic carbocycles. The van der Waals surface area contributed by atoms with Gasteiger partial charge < -0.3 is 4.74 Å². The Balaban J connectivity index is 2.18. The van der Waals surface area contributed by atoms with Crippen LogP contribution in [0.3, 0.4) is 0 Å². The molecule has 1 aliphatic heterocycles. The van der Waals surface area contributed by atoms with E-state index in [0.717, 1.165) is 18.7 Å². The average Bonchev–Trinajstić information content (AvgIpc) is 2.46. The third-order valence-electron chi connectivity index (χ3n) is 4.37. The summed E-state index contributed by atoms with van der Waals surface area (Å²) in [6.07, 6.45) is 0. The van der Waals surface area contributed by atoms with Crippen molar-refractivity contribution in [3.05, 3.63) is 29.8 Å². The highest BCUT2D eigenvalue weighted by Crippen LogP contribution is 2.21. The molecule has 1 aliphatic rings. The number of morpholine rings is 1. The minimum atomic E-state index is -1.31. The maximum Gasteiger partial charge on any atom is 0.182 e. The fourth-order valence-electron chi connectivity index (χ4n) is 2.74. The maximum atomic E-state index is 12.9. The van der Waals surface area contributed by atoms with E-state index in [1.165, 1.54) is 5.19 Å². The van der Waals surface area contributed by atoms with E-state index < -0.39 is 13.6 Å². The van der Waals surface area contributed by atoms with E-state index in [-0.39, 0.29) is 5.78 Å². The molecule has 4 heteroatoms.